The lowest BCUT2D eigenvalue weighted by atomic mass is 10.1. The molecule has 1 heterocycles. The van der Waals surface area contributed by atoms with Gasteiger partial charge in [0.25, 0.3) is 0 Å². The van der Waals surface area contributed by atoms with Crippen LogP contribution in [0.4, 0.5) is 11.4 Å². The lowest BCUT2D eigenvalue weighted by Crippen LogP contribution is -2.31. The van der Waals surface area contributed by atoms with Crippen LogP contribution >= 0.6 is 0 Å². The second-order valence-electron chi connectivity index (χ2n) is 4.50. The predicted octanol–water partition coefficient (Wildman–Crippen LogP) is 0.698. The minimum atomic E-state index is -0.490. The van der Waals surface area contributed by atoms with Crippen LogP contribution < -0.4 is 11.1 Å². The van der Waals surface area contributed by atoms with Crippen LogP contribution in [0.25, 0.3) is 0 Å². The van der Waals surface area contributed by atoms with Crippen LogP contribution in [0.3, 0.4) is 0 Å². The first-order chi connectivity index (χ1) is 9.04. The van der Waals surface area contributed by atoms with Crippen molar-refractivity contribution in [3.63, 3.8) is 0 Å². The van der Waals surface area contributed by atoms with Crippen LogP contribution in [0.5, 0.6) is 0 Å². The summed E-state index contributed by atoms with van der Waals surface area (Å²) in [6, 6.07) is 4.75. The average Bonchev–Trinajstić information content (AvgIpc) is 2.72. The number of nitrogens with one attached hydrogen (secondary N) is 1. The number of hydrogen-bond acceptors (Lipinski definition) is 5. The number of para-hydroxylation sites is 1. The van der Waals surface area contributed by atoms with Gasteiger partial charge in [-0.2, -0.15) is 0 Å². The van der Waals surface area contributed by atoms with E-state index < -0.39 is 5.97 Å². The first-order valence-corrected chi connectivity index (χ1v) is 6.03. The summed E-state index contributed by atoms with van der Waals surface area (Å²) >= 11 is 0. The number of carbonyl (C=O) groups excluding carboxylic acids is 2. The Kier molecular flexibility index (Phi) is 3.59. The van der Waals surface area contributed by atoms with Gasteiger partial charge in [-0.1, -0.05) is 6.07 Å². The molecular weight excluding hydrogens is 246 g/mol. The number of carbonyl (C=O) groups is 2. The molecule has 1 aliphatic heterocycles. The number of nitrogens with two attached hydrogens (primary N) is 1. The molecule has 0 spiro atoms. The summed E-state index contributed by atoms with van der Waals surface area (Å²) in [5.74, 6) is -0.459. The van der Waals surface area contributed by atoms with E-state index in [4.69, 9.17) is 5.73 Å². The maximum Gasteiger partial charge on any atom is 0.340 e. The van der Waals surface area contributed by atoms with Crippen LogP contribution in [0.1, 0.15) is 16.8 Å². The number of methoxy groups -OCH3 is 1. The zero-order chi connectivity index (χ0) is 14.0. The van der Waals surface area contributed by atoms with Crippen LogP contribution in [-0.2, 0) is 9.53 Å². The van der Waals surface area contributed by atoms with Crippen molar-refractivity contribution in [1.29, 1.82) is 0 Å². The maximum atomic E-state index is 11.8. The highest BCUT2D eigenvalue weighted by molar-refractivity contribution is 5.99. The molecule has 0 bridgehead atoms. The highest BCUT2D eigenvalue weighted by Crippen LogP contribution is 2.25. The number of nitrogen functional groups attached to an aromatic ring is 1. The fourth-order valence-electron chi connectivity index (χ4n) is 2.12. The van der Waals surface area contributed by atoms with E-state index in [1.807, 2.05) is 0 Å². The van der Waals surface area contributed by atoms with Gasteiger partial charge in [0.1, 0.15) is 6.04 Å². The monoisotopic (exact) mass is 263 g/mol. The van der Waals surface area contributed by atoms with E-state index in [1.165, 1.54) is 7.11 Å². The molecule has 6 heteroatoms. The van der Waals surface area contributed by atoms with Gasteiger partial charge in [-0.25, -0.2) is 4.79 Å². The number of likely N-dealkylation sites (N-methyl/N-ethyl adjacent to an activating group) is 1. The van der Waals surface area contributed by atoms with Gasteiger partial charge >= 0.3 is 5.97 Å². The van der Waals surface area contributed by atoms with Crippen molar-refractivity contribution in [2.75, 3.05) is 31.8 Å². The lowest BCUT2D eigenvalue weighted by Gasteiger charge is -2.16. The van der Waals surface area contributed by atoms with Crippen LogP contribution in [0, 0.1) is 0 Å². The summed E-state index contributed by atoms with van der Waals surface area (Å²) in [7, 11) is 3.07. The van der Waals surface area contributed by atoms with Crippen LogP contribution in [0.15, 0.2) is 18.2 Å². The zero-order valence-corrected chi connectivity index (χ0v) is 11.0. The van der Waals surface area contributed by atoms with Gasteiger partial charge in [0.05, 0.1) is 24.0 Å². The zero-order valence-electron chi connectivity index (χ0n) is 11.0. The molecule has 102 valence electrons. The first kappa shape index (κ1) is 13.2. The molecule has 3 N–H and O–H groups in total. The predicted molar refractivity (Wildman–Crippen MR) is 71.9 cm³/mol. The third-order valence-corrected chi connectivity index (χ3v) is 3.27. The Morgan fingerprint density at radius 3 is 2.84 bits per heavy atom. The van der Waals surface area contributed by atoms with Gasteiger partial charge in [0, 0.05) is 13.6 Å². The summed E-state index contributed by atoms with van der Waals surface area (Å²) in [5, 5.41) is 3.08. The topological polar surface area (TPSA) is 84.7 Å². The van der Waals surface area contributed by atoms with Gasteiger partial charge in [0.15, 0.2) is 0 Å². The lowest BCUT2D eigenvalue weighted by molar-refractivity contribution is -0.127. The average molecular weight is 263 g/mol. The highest BCUT2D eigenvalue weighted by atomic mass is 16.5. The van der Waals surface area contributed by atoms with Crippen molar-refractivity contribution in [3.05, 3.63) is 23.8 Å². The normalized spacial score (nSPS) is 18.5. The Morgan fingerprint density at radius 1 is 1.53 bits per heavy atom. The van der Waals surface area contributed by atoms with Gasteiger partial charge in [-0.3, -0.25) is 4.79 Å². The first-order valence-electron chi connectivity index (χ1n) is 6.03. The van der Waals surface area contributed by atoms with Crippen molar-refractivity contribution in [1.82, 2.24) is 4.90 Å². The molecule has 1 saturated heterocycles. The number of amides is 1. The van der Waals surface area contributed by atoms with E-state index in [0.29, 0.717) is 23.5 Å². The highest BCUT2D eigenvalue weighted by Gasteiger charge is 2.29. The Balaban J connectivity index is 2.22. The SMILES string of the molecule is COC(=O)c1cccc(NC2CCN(C)C2=O)c1N. The van der Waals surface area contributed by atoms with Crippen molar-refractivity contribution in [2.24, 2.45) is 0 Å². The van der Waals surface area contributed by atoms with Gasteiger partial charge in [-0.15, -0.1) is 0 Å². The summed E-state index contributed by atoms with van der Waals surface area (Å²) < 4.78 is 4.66. The van der Waals surface area contributed by atoms with Crippen molar-refractivity contribution in [2.45, 2.75) is 12.5 Å². The fraction of sp³-hybridized carbons (Fsp3) is 0.385. The van der Waals surface area contributed by atoms with Gasteiger partial charge < -0.3 is 20.7 Å². The van der Waals surface area contributed by atoms with Crippen molar-refractivity contribution in [3.8, 4) is 0 Å². The van der Waals surface area contributed by atoms with E-state index in [-0.39, 0.29) is 11.9 Å². The molecule has 1 aromatic rings. The molecule has 0 saturated carbocycles. The number of likely N-dealkylation sites (tertiary alicyclic amines) is 1. The molecule has 0 aromatic heterocycles. The molecule has 0 radical (unpaired) electrons. The molecule has 19 heavy (non-hydrogen) atoms. The second-order valence-corrected chi connectivity index (χ2v) is 4.50. The maximum absolute atomic E-state index is 11.8. The molecule has 0 aliphatic carbocycles. The molecule has 6 nitrogen and oxygen atoms in total. The Bertz CT molecular complexity index is 516. The quantitative estimate of drug-likeness (QED) is 0.619. The Labute approximate surface area is 111 Å². The number of hydrogen-bond donors (Lipinski definition) is 2. The number of rotatable bonds is 3. The van der Waals surface area contributed by atoms with Crippen molar-refractivity contribution < 1.29 is 14.3 Å². The molecule has 1 aromatic carbocycles. The molecule has 2 rings (SSSR count). The van der Waals surface area contributed by atoms with E-state index in [1.54, 1.807) is 30.1 Å². The van der Waals surface area contributed by atoms with Gasteiger partial charge in [0.2, 0.25) is 5.91 Å². The Morgan fingerprint density at radius 2 is 2.26 bits per heavy atom. The third-order valence-electron chi connectivity index (χ3n) is 3.27. The molecule has 1 atom stereocenters. The summed E-state index contributed by atoms with van der Waals surface area (Å²) in [6.07, 6.45) is 0.719. The number of ether oxygens (including phenoxy) is 1. The van der Waals surface area contributed by atoms with E-state index >= 15 is 0 Å². The number of benzene rings is 1. The van der Waals surface area contributed by atoms with Crippen LogP contribution in [-0.4, -0.2) is 43.5 Å². The number of anilines is 2. The minimum Gasteiger partial charge on any atom is -0.465 e. The smallest absolute Gasteiger partial charge is 0.340 e. The van der Waals surface area contributed by atoms with E-state index in [9.17, 15) is 9.59 Å². The summed E-state index contributed by atoms with van der Waals surface area (Å²) in [4.78, 5) is 25.0. The number of esters is 1. The molecule has 1 amide bonds. The molecular formula is C13H17N3O3. The standard InChI is InChI=1S/C13H17N3O3/c1-16-7-6-10(12(16)17)15-9-5-3-4-8(11(9)14)13(18)19-2/h3-5,10,15H,6-7,14H2,1-2H3. The van der Waals surface area contributed by atoms with Crippen molar-refractivity contribution >= 4 is 23.3 Å². The molecule has 1 fully saturated rings. The van der Waals surface area contributed by atoms with Gasteiger partial charge in [-0.05, 0) is 18.6 Å². The van der Waals surface area contributed by atoms with E-state index in [2.05, 4.69) is 10.1 Å². The largest absolute Gasteiger partial charge is 0.465 e. The molecule has 1 unspecified atom stereocenters. The molecule has 1 aliphatic rings. The minimum absolute atomic E-state index is 0.0304. The summed E-state index contributed by atoms with van der Waals surface area (Å²) in [6.45, 7) is 0.715. The van der Waals surface area contributed by atoms with E-state index in [0.717, 1.165) is 6.42 Å². The number of nitrogens with zero attached hydrogens (tertiary/aromatic N) is 1. The Hall–Kier alpha value is -2.24. The summed E-state index contributed by atoms with van der Waals surface area (Å²) in [5.41, 5.74) is 7.11. The second kappa shape index (κ2) is 5.17. The van der Waals surface area contributed by atoms with Crippen LogP contribution in [0.2, 0.25) is 0 Å². The fourth-order valence-corrected chi connectivity index (χ4v) is 2.12. The third kappa shape index (κ3) is 2.47.